The second-order valence-corrected chi connectivity index (χ2v) is 8.36. The fourth-order valence-electron chi connectivity index (χ4n) is 4.33. The van der Waals surface area contributed by atoms with Crippen molar-refractivity contribution in [3.8, 4) is 16.9 Å². The Morgan fingerprint density at radius 1 is 0.971 bits per heavy atom. The van der Waals surface area contributed by atoms with Crippen LogP contribution in [0.5, 0.6) is 5.75 Å². The summed E-state index contributed by atoms with van der Waals surface area (Å²) in [6.07, 6.45) is -0.113. The number of phenols is 1. The fraction of sp³-hybridized carbons (Fsp3) is 0.222. The number of ether oxygens (including phenoxy) is 1. The smallest absolute Gasteiger partial charge is 0.407 e. The number of alkyl carbamates (subject to hydrolysis) is 1. The third-order valence-corrected chi connectivity index (χ3v) is 6.10. The number of carbonyl (C=O) groups excluding carboxylic acids is 2. The quantitative estimate of drug-likeness (QED) is 0.374. The Morgan fingerprint density at radius 3 is 2.17 bits per heavy atom. The minimum Gasteiger partial charge on any atom is -0.507 e. The molecular formula is C27H26N2O6. The van der Waals surface area contributed by atoms with E-state index in [-0.39, 0.29) is 30.2 Å². The van der Waals surface area contributed by atoms with Crippen LogP contribution in [0.3, 0.4) is 0 Å². The average Bonchev–Trinajstić information content (AvgIpc) is 3.16. The average molecular weight is 475 g/mol. The highest BCUT2D eigenvalue weighted by atomic mass is 16.5. The Morgan fingerprint density at radius 2 is 1.60 bits per heavy atom. The number of hydrogen-bond donors (Lipinski definition) is 4. The summed E-state index contributed by atoms with van der Waals surface area (Å²) in [5, 5.41) is 24.1. The van der Waals surface area contributed by atoms with E-state index in [0.29, 0.717) is 6.42 Å². The number of anilines is 1. The summed E-state index contributed by atoms with van der Waals surface area (Å²) in [6, 6.07) is 19.4. The number of amides is 2. The van der Waals surface area contributed by atoms with Crippen molar-refractivity contribution < 1.29 is 29.3 Å². The van der Waals surface area contributed by atoms with Crippen LogP contribution < -0.4 is 10.6 Å². The molecule has 0 saturated carbocycles. The Hall–Kier alpha value is -4.33. The Bertz CT molecular complexity index is 1230. The van der Waals surface area contributed by atoms with Gasteiger partial charge in [0.15, 0.2) is 0 Å². The van der Waals surface area contributed by atoms with Gasteiger partial charge in [0.2, 0.25) is 5.91 Å². The zero-order valence-electron chi connectivity index (χ0n) is 19.2. The first-order chi connectivity index (χ1) is 16.9. The van der Waals surface area contributed by atoms with Crippen molar-refractivity contribution in [3.05, 3.63) is 83.4 Å². The molecule has 4 N–H and O–H groups in total. The number of carbonyl (C=O) groups is 3. The fourth-order valence-corrected chi connectivity index (χ4v) is 4.33. The largest absolute Gasteiger partial charge is 0.507 e. The molecule has 3 aromatic rings. The Kier molecular flexibility index (Phi) is 7.01. The van der Waals surface area contributed by atoms with Crippen LogP contribution in [0.15, 0.2) is 66.7 Å². The molecule has 1 unspecified atom stereocenters. The van der Waals surface area contributed by atoms with Gasteiger partial charge in [-0.1, -0.05) is 55.5 Å². The second-order valence-electron chi connectivity index (χ2n) is 8.36. The molecular weight excluding hydrogens is 448 g/mol. The molecule has 35 heavy (non-hydrogen) atoms. The molecule has 0 radical (unpaired) electrons. The molecule has 4 rings (SSSR count). The molecule has 0 aromatic heterocycles. The number of aromatic hydroxyl groups is 1. The Balaban J connectivity index is 1.33. The highest BCUT2D eigenvalue weighted by molar-refractivity contribution is 5.94. The molecule has 0 spiro atoms. The zero-order chi connectivity index (χ0) is 24.9. The summed E-state index contributed by atoms with van der Waals surface area (Å²) in [5.41, 5.74) is 4.51. The van der Waals surface area contributed by atoms with E-state index in [1.807, 2.05) is 43.3 Å². The van der Waals surface area contributed by atoms with Crippen LogP contribution in [0.2, 0.25) is 0 Å². The molecule has 1 aliphatic rings. The van der Waals surface area contributed by atoms with Gasteiger partial charge >= 0.3 is 12.1 Å². The molecule has 180 valence electrons. The first-order valence-electron chi connectivity index (χ1n) is 11.3. The number of aromatic carboxylic acids is 1. The van der Waals surface area contributed by atoms with Gasteiger partial charge in [0.05, 0.1) is 0 Å². The maximum Gasteiger partial charge on any atom is 0.407 e. The topological polar surface area (TPSA) is 125 Å². The van der Waals surface area contributed by atoms with Crippen molar-refractivity contribution >= 4 is 23.7 Å². The van der Waals surface area contributed by atoms with Crippen LogP contribution in [0.4, 0.5) is 10.5 Å². The summed E-state index contributed by atoms with van der Waals surface area (Å²) in [5.74, 6) is -2.16. The molecule has 8 heteroatoms. The number of nitrogens with one attached hydrogen (secondary N) is 2. The minimum absolute atomic E-state index is 0.0118. The number of carboxylic acid groups (broad SMARTS) is 1. The number of carboxylic acids is 1. The lowest BCUT2D eigenvalue weighted by atomic mass is 9.98. The predicted molar refractivity (Wildman–Crippen MR) is 131 cm³/mol. The van der Waals surface area contributed by atoms with Crippen LogP contribution in [0.25, 0.3) is 11.1 Å². The van der Waals surface area contributed by atoms with Crippen molar-refractivity contribution in [1.29, 1.82) is 0 Å². The molecule has 0 bridgehead atoms. The summed E-state index contributed by atoms with van der Waals surface area (Å²) in [7, 11) is 0. The van der Waals surface area contributed by atoms with E-state index in [9.17, 15) is 19.5 Å². The third-order valence-electron chi connectivity index (χ3n) is 6.10. The van der Waals surface area contributed by atoms with E-state index < -0.39 is 29.8 Å². The molecule has 1 atom stereocenters. The minimum atomic E-state index is -1.27. The van der Waals surface area contributed by atoms with Gasteiger partial charge in [0.25, 0.3) is 0 Å². The van der Waals surface area contributed by atoms with E-state index in [1.165, 1.54) is 18.2 Å². The highest BCUT2D eigenvalue weighted by Gasteiger charge is 2.29. The lowest BCUT2D eigenvalue weighted by molar-refractivity contribution is -0.116. The predicted octanol–water partition coefficient (Wildman–Crippen LogP) is 4.74. The summed E-state index contributed by atoms with van der Waals surface area (Å²) >= 11 is 0. The molecule has 0 aliphatic heterocycles. The molecule has 8 nitrogen and oxygen atoms in total. The number of hydrogen-bond acceptors (Lipinski definition) is 5. The molecule has 0 fully saturated rings. The third kappa shape index (κ3) is 5.27. The highest BCUT2D eigenvalue weighted by Crippen LogP contribution is 2.44. The standard InChI is InChI=1S/C27H26N2O6/c1-2-16(14-25(31)28-17-11-12-22(26(32)33)24(30)13-17)29-27(34)35-15-23-20-9-5-3-7-18(20)19-8-4-6-10-21(19)23/h3-13,16,23,30H,2,14-15H2,1H3,(H,28,31)(H,29,34)(H,32,33). The maximum atomic E-state index is 12.5. The normalized spacial score (nSPS) is 12.8. The van der Waals surface area contributed by atoms with Gasteiger partial charge in [-0.2, -0.15) is 0 Å². The van der Waals surface area contributed by atoms with Crippen molar-refractivity contribution in [2.45, 2.75) is 31.7 Å². The van der Waals surface area contributed by atoms with Crippen molar-refractivity contribution in [3.63, 3.8) is 0 Å². The van der Waals surface area contributed by atoms with E-state index in [4.69, 9.17) is 9.84 Å². The lowest BCUT2D eigenvalue weighted by Gasteiger charge is -2.19. The van der Waals surface area contributed by atoms with Crippen LogP contribution in [0.1, 0.15) is 47.2 Å². The number of fused-ring (bicyclic) bond motifs is 3. The molecule has 0 saturated heterocycles. The van der Waals surface area contributed by atoms with Gasteiger partial charge in [0.1, 0.15) is 17.9 Å². The number of benzene rings is 3. The summed E-state index contributed by atoms with van der Waals surface area (Å²) in [4.78, 5) is 36.0. The molecule has 0 heterocycles. The van der Waals surface area contributed by atoms with Crippen LogP contribution in [-0.2, 0) is 9.53 Å². The summed E-state index contributed by atoms with van der Waals surface area (Å²) in [6.45, 7) is 2.02. The lowest BCUT2D eigenvalue weighted by Crippen LogP contribution is -2.38. The molecule has 1 aliphatic carbocycles. The van der Waals surface area contributed by atoms with Crippen molar-refractivity contribution in [2.75, 3.05) is 11.9 Å². The van der Waals surface area contributed by atoms with Gasteiger partial charge in [-0.25, -0.2) is 9.59 Å². The second kappa shape index (κ2) is 10.3. The van der Waals surface area contributed by atoms with E-state index >= 15 is 0 Å². The van der Waals surface area contributed by atoms with Crippen LogP contribution in [0, 0.1) is 0 Å². The van der Waals surface area contributed by atoms with E-state index in [1.54, 1.807) is 0 Å². The monoisotopic (exact) mass is 474 g/mol. The first kappa shape index (κ1) is 23.8. The van der Waals surface area contributed by atoms with Crippen molar-refractivity contribution in [1.82, 2.24) is 5.32 Å². The maximum absolute atomic E-state index is 12.5. The molecule has 2 amide bonds. The Labute approximate surface area is 202 Å². The SMILES string of the molecule is CCC(CC(=O)Nc1ccc(C(=O)O)c(O)c1)NC(=O)OCC1c2ccccc2-c2ccccc21. The first-order valence-corrected chi connectivity index (χ1v) is 11.3. The van der Waals surface area contributed by atoms with Gasteiger partial charge in [-0.05, 0) is 40.8 Å². The number of rotatable bonds is 8. The molecule has 3 aromatic carbocycles. The van der Waals surface area contributed by atoms with Crippen molar-refractivity contribution in [2.24, 2.45) is 0 Å². The van der Waals surface area contributed by atoms with E-state index in [2.05, 4.69) is 22.8 Å². The van der Waals surface area contributed by atoms with Gasteiger partial charge < -0.3 is 25.6 Å². The van der Waals surface area contributed by atoms with Crippen LogP contribution >= 0.6 is 0 Å². The van der Waals surface area contributed by atoms with E-state index in [0.717, 1.165) is 22.3 Å². The van der Waals surface area contributed by atoms with Crippen LogP contribution in [-0.4, -0.2) is 40.8 Å². The van der Waals surface area contributed by atoms with Gasteiger partial charge in [0, 0.05) is 30.1 Å². The van der Waals surface area contributed by atoms with Gasteiger partial charge in [-0.15, -0.1) is 0 Å². The van der Waals surface area contributed by atoms with Gasteiger partial charge in [-0.3, -0.25) is 4.79 Å². The zero-order valence-corrected chi connectivity index (χ0v) is 19.2. The summed E-state index contributed by atoms with van der Waals surface area (Å²) < 4.78 is 5.55.